The van der Waals surface area contributed by atoms with E-state index in [0.717, 1.165) is 42.7 Å². The Morgan fingerprint density at radius 2 is 1.90 bits per heavy atom. The maximum absolute atomic E-state index is 13.3. The molecule has 9 nitrogen and oxygen atoms in total. The Bertz CT molecular complexity index is 1320. The lowest BCUT2D eigenvalue weighted by molar-refractivity contribution is -0.189. The normalized spacial score (nSPS) is 20.7. The summed E-state index contributed by atoms with van der Waals surface area (Å²) < 4.78 is 54.7. The third-order valence-corrected chi connectivity index (χ3v) is 8.24. The van der Waals surface area contributed by atoms with Crippen molar-refractivity contribution in [1.29, 1.82) is 0 Å². The predicted molar refractivity (Wildman–Crippen MR) is 145 cm³/mol. The van der Waals surface area contributed by atoms with Crippen molar-refractivity contribution in [2.24, 2.45) is 0 Å². The highest BCUT2D eigenvalue weighted by Gasteiger charge is 2.43. The molecule has 5 rings (SSSR count). The summed E-state index contributed by atoms with van der Waals surface area (Å²) in [4.78, 5) is 28.2. The molecule has 1 amide bonds. The number of ether oxygens (including phenoxy) is 3. The maximum atomic E-state index is 13.3. The molecule has 0 aliphatic carbocycles. The van der Waals surface area contributed by atoms with Crippen LogP contribution in [0.2, 0.25) is 5.02 Å². The number of rotatable bonds is 8. The number of benzene rings is 2. The van der Waals surface area contributed by atoms with Crippen LogP contribution in [0.4, 0.5) is 13.2 Å². The number of carbonyl (C=O) groups excluding carboxylic acids is 2. The van der Waals surface area contributed by atoms with Gasteiger partial charge in [-0.1, -0.05) is 11.6 Å². The number of fused-ring (bicyclic) bond motifs is 1. The number of aliphatic hydroxyl groups excluding tert-OH is 2. The molecule has 3 heterocycles. The summed E-state index contributed by atoms with van der Waals surface area (Å²) >= 11 is 6.13. The molecule has 42 heavy (non-hydrogen) atoms. The Morgan fingerprint density at radius 1 is 1.14 bits per heavy atom. The van der Waals surface area contributed by atoms with E-state index in [1.807, 2.05) is 12.1 Å². The number of piperidine rings is 1. The summed E-state index contributed by atoms with van der Waals surface area (Å²) in [5.41, 5.74) is 0.792. The second-order valence-corrected chi connectivity index (χ2v) is 11.4. The van der Waals surface area contributed by atoms with E-state index in [-0.39, 0.29) is 36.7 Å². The first-order valence-electron chi connectivity index (χ1n) is 13.8. The van der Waals surface area contributed by atoms with Crippen LogP contribution in [-0.4, -0.2) is 95.2 Å². The van der Waals surface area contributed by atoms with Gasteiger partial charge in [-0.05, 0) is 48.7 Å². The van der Waals surface area contributed by atoms with Gasteiger partial charge in [0.15, 0.2) is 0 Å². The fourth-order valence-electron chi connectivity index (χ4n) is 5.84. The van der Waals surface area contributed by atoms with Gasteiger partial charge >= 0.3 is 12.1 Å². The third-order valence-electron chi connectivity index (χ3n) is 8.00. The molecule has 0 bridgehead atoms. The number of β-amino-alcohol motifs (C(OH)–C–C–N with tert-alkyl or cyclic N) is 1. The van der Waals surface area contributed by atoms with Crippen molar-refractivity contribution in [3.05, 3.63) is 52.5 Å². The van der Waals surface area contributed by atoms with E-state index in [0.29, 0.717) is 37.5 Å². The highest BCUT2D eigenvalue weighted by molar-refractivity contribution is 6.30. The second kappa shape index (κ2) is 12.3. The smallest absolute Gasteiger partial charge is 0.490 e. The summed E-state index contributed by atoms with van der Waals surface area (Å²) in [6, 6.07) is 8.53. The Morgan fingerprint density at radius 3 is 2.62 bits per heavy atom. The number of hydrogen-bond donors (Lipinski definition) is 2. The Labute approximate surface area is 245 Å². The lowest BCUT2D eigenvalue weighted by Crippen LogP contribution is -2.49. The van der Waals surface area contributed by atoms with Crippen LogP contribution < -0.4 is 14.2 Å². The van der Waals surface area contributed by atoms with E-state index in [4.69, 9.17) is 21.1 Å². The fraction of sp³-hybridized carbons (Fsp3) is 0.517. The average Bonchev–Trinajstić information content (AvgIpc) is 3.56. The van der Waals surface area contributed by atoms with Crippen molar-refractivity contribution < 1.29 is 47.2 Å². The minimum absolute atomic E-state index is 0.0207. The molecule has 0 aromatic heterocycles. The summed E-state index contributed by atoms with van der Waals surface area (Å²) in [6.07, 6.45) is -2.62. The number of halogens is 4. The van der Waals surface area contributed by atoms with Crippen molar-refractivity contribution in [2.45, 2.75) is 56.0 Å². The van der Waals surface area contributed by atoms with Crippen LogP contribution in [0.1, 0.15) is 41.6 Å². The van der Waals surface area contributed by atoms with Crippen molar-refractivity contribution >= 4 is 23.5 Å². The van der Waals surface area contributed by atoms with E-state index in [1.165, 1.54) is 11.0 Å². The standard InChI is InChI=1S/C29H32ClF3N2O7/c30-19-3-6-24-18(12-19)14-28(42-24)7-10-34(11-8-28)15-21(37)17-40-25-13-22(41-27(39)29(31,32)33)4-5-23(25)26(38)35-9-1-2-20(35)16-36/h3-6,12-13,20-21,36-37H,1-2,7-11,14-17H2/t20-,21+/m0/s1. The minimum atomic E-state index is -5.21. The molecule has 2 fully saturated rings. The van der Waals surface area contributed by atoms with E-state index >= 15 is 0 Å². The Hall–Kier alpha value is -3.06. The summed E-state index contributed by atoms with van der Waals surface area (Å²) in [5.74, 6) is -2.64. The molecule has 3 aliphatic heterocycles. The molecule has 2 saturated heterocycles. The lowest BCUT2D eigenvalue weighted by atomic mass is 9.87. The largest absolute Gasteiger partial charge is 0.491 e. The number of amides is 1. The number of aliphatic hydroxyl groups is 2. The van der Waals surface area contributed by atoms with E-state index in [1.54, 1.807) is 6.07 Å². The number of alkyl halides is 3. The zero-order valence-electron chi connectivity index (χ0n) is 22.7. The monoisotopic (exact) mass is 612 g/mol. The predicted octanol–water partition coefficient (Wildman–Crippen LogP) is 3.61. The Kier molecular flexibility index (Phi) is 8.89. The molecule has 2 aromatic rings. The summed E-state index contributed by atoms with van der Waals surface area (Å²) in [7, 11) is 0. The molecule has 2 atom stereocenters. The molecule has 3 aliphatic rings. The van der Waals surface area contributed by atoms with Gasteiger partial charge in [0.1, 0.15) is 35.6 Å². The van der Waals surface area contributed by atoms with Crippen LogP contribution in [0.25, 0.3) is 0 Å². The number of carbonyl (C=O) groups is 2. The summed E-state index contributed by atoms with van der Waals surface area (Å²) in [6.45, 7) is 1.51. The lowest BCUT2D eigenvalue weighted by Gasteiger charge is -2.39. The van der Waals surface area contributed by atoms with Gasteiger partial charge in [-0.15, -0.1) is 0 Å². The first-order chi connectivity index (χ1) is 20.0. The van der Waals surface area contributed by atoms with Crippen LogP contribution in [0.3, 0.4) is 0 Å². The average molecular weight is 613 g/mol. The highest BCUT2D eigenvalue weighted by atomic mass is 35.5. The number of likely N-dealkylation sites (tertiary alicyclic amines) is 2. The number of esters is 1. The van der Waals surface area contributed by atoms with Crippen LogP contribution in [0, 0.1) is 0 Å². The van der Waals surface area contributed by atoms with Gasteiger partial charge in [-0.3, -0.25) is 4.79 Å². The first-order valence-corrected chi connectivity index (χ1v) is 14.2. The van der Waals surface area contributed by atoms with Gasteiger partial charge in [-0.25, -0.2) is 4.79 Å². The van der Waals surface area contributed by atoms with Crippen molar-refractivity contribution in [2.75, 3.05) is 39.4 Å². The second-order valence-electron chi connectivity index (χ2n) is 11.0. The zero-order chi connectivity index (χ0) is 30.1. The quantitative estimate of drug-likeness (QED) is 0.344. The zero-order valence-corrected chi connectivity index (χ0v) is 23.5. The van der Waals surface area contributed by atoms with E-state index in [2.05, 4.69) is 9.64 Å². The topological polar surface area (TPSA) is 109 Å². The molecular weight excluding hydrogens is 581 g/mol. The van der Waals surface area contributed by atoms with Gasteiger partial charge in [0.05, 0.1) is 18.2 Å². The molecule has 1 spiro atoms. The fourth-order valence-corrected chi connectivity index (χ4v) is 6.03. The maximum Gasteiger partial charge on any atom is 0.491 e. The molecule has 0 unspecified atom stereocenters. The molecule has 0 saturated carbocycles. The van der Waals surface area contributed by atoms with E-state index in [9.17, 15) is 33.0 Å². The minimum Gasteiger partial charge on any atom is -0.490 e. The number of nitrogens with zero attached hydrogens (tertiary/aromatic N) is 2. The molecular formula is C29H32ClF3N2O7. The van der Waals surface area contributed by atoms with Crippen LogP contribution in [0.5, 0.6) is 17.2 Å². The van der Waals surface area contributed by atoms with Crippen molar-refractivity contribution in [3.8, 4) is 17.2 Å². The molecule has 0 radical (unpaired) electrons. The van der Waals surface area contributed by atoms with Gasteiger partial charge in [0.25, 0.3) is 5.91 Å². The van der Waals surface area contributed by atoms with Crippen LogP contribution >= 0.6 is 11.6 Å². The highest BCUT2D eigenvalue weighted by Crippen LogP contribution is 2.42. The van der Waals surface area contributed by atoms with Crippen LogP contribution in [-0.2, 0) is 11.2 Å². The van der Waals surface area contributed by atoms with Crippen LogP contribution in [0.15, 0.2) is 36.4 Å². The van der Waals surface area contributed by atoms with Gasteiger partial charge < -0.3 is 34.2 Å². The number of hydrogen-bond acceptors (Lipinski definition) is 8. The molecule has 228 valence electrons. The van der Waals surface area contributed by atoms with Gasteiger partial charge in [0, 0.05) is 56.5 Å². The van der Waals surface area contributed by atoms with E-state index < -0.39 is 35.9 Å². The molecule has 13 heteroatoms. The Balaban J connectivity index is 1.21. The first kappa shape index (κ1) is 30.4. The van der Waals surface area contributed by atoms with Gasteiger partial charge in [-0.2, -0.15) is 13.2 Å². The SMILES string of the molecule is O=C(c1ccc(OC(=O)C(F)(F)F)cc1OC[C@H](O)CN1CCC2(CC1)Cc1cc(Cl)ccc1O2)N1CCC[C@H]1CO. The molecule has 2 aromatic carbocycles. The van der Waals surface area contributed by atoms with Crippen molar-refractivity contribution in [1.82, 2.24) is 9.80 Å². The third kappa shape index (κ3) is 6.77. The molecule has 2 N–H and O–H groups in total. The summed E-state index contributed by atoms with van der Waals surface area (Å²) in [5, 5.41) is 21.1. The van der Waals surface area contributed by atoms with Crippen molar-refractivity contribution in [3.63, 3.8) is 0 Å². The van der Waals surface area contributed by atoms with Gasteiger partial charge in [0.2, 0.25) is 0 Å².